The first kappa shape index (κ1) is 22.1. The first-order valence-corrected chi connectivity index (χ1v) is 9.74. The fourth-order valence-corrected chi connectivity index (χ4v) is 3.02. The number of nitrogens with one attached hydrogen (secondary N) is 2. The zero-order valence-corrected chi connectivity index (χ0v) is 16.8. The number of carboxylic acid groups (broad SMARTS) is 1. The Morgan fingerprint density at radius 1 is 0.897 bits per heavy atom. The highest BCUT2D eigenvalue weighted by atomic mass is 16.4. The molecule has 2 aromatic carbocycles. The molecule has 2 rings (SSSR count). The van der Waals surface area contributed by atoms with Crippen LogP contribution in [0.15, 0.2) is 60.7 Å². The Balaban J connectivity index is 1.93. The Morgan fingerprint density at radius 3 is 1.97 bits per heavy atom. The number of aliphatic carboxylic acids is 1. The van der Waals surface area contributed by atoms with E-state index in [0.717, 1.165) is 11.1 Å². The number of amides is 2. The molecule has 0 bridgehead atoms. The van der Waals surface area contributed by atoms with Gasteiger partial charge < -0.3 is 15.7 Å². The molecule has 0 fully saturated rings. The van der Waals surface area contributed by atoms with Crippen molar-refractivity contribution in [2.75, 3.05) is 6.54 Å². The number of carboxylic acids is 1. The van der Waals surface area contributed by atoms with Gasteiger partial charge in [0.25, 0.3) is 0 Å². The van der Waals surface area contributed by atoms with Gasteiger partial charge in [0.2, 0.25) is 11.8 Å². The molecular formula is C23H28N2O4. The summed E-state index contributed by atoms with van der Waals surface area (Å²) in [6, 6.07) is 17.9. The first-order valence-electron chi connectivity index (χ1n) is 9.74. The molecule has 2 amide bonds. The zero-order valence-electron chi connectivity index (χ0n) is 16.8. The van der Waals surface area contributed by atoms with Gasteiger partial charge >= 0.3 is 5.97 Å². The van der Waals surface area contributed by atoms with Crippen molar-refractivity contribution in [3.05, 3.63) is 71.8 Å². The summed E-state index contributed by atoms with van der Waals surface area (Å²) in [5.41, 5.74) is 1.76. The van der Waals surface area contributed by atoms with Gasteiger partial charge in [0.15, 0.2) is 0 Å². The number of hydrogen-bond acceptors (Lipinski definition) is 3. The number of benzene rings is 2. The summed E-state index contributed by atoms with van der Waals surface area (Å²) in [4.78, 5) is 36.5. The van der Waals surface area contributed by atoms with Crippen molar-refractivity contribution in [2.24, 2.45) is 11.8 Å². The van der Waals surface area contributed by atoms with Crippen LogP contribution in [0.5, 0.6) is 0 Å². The fourth-order valence-electron chi connectivity index (χ4n) is 3.02. The van der Waals surface area contributed by atoms with E-state index in [1.54, 1.807) is 0 Å². The molecule has 2 aromatic rings. The molecule has 29 heavy (non-hydrogen) atoms. The van der Waals surface area contributed by atoms with Crippen LogP contribution in [0.4, 0.5) is 0 Å². The maximum atomic E-state index is 12.6. The summed E-state index contributed by atoms with van der Waals surface area (Å²) in [6.07, 6.45) is 0.506. The highest BCUT2D eigenvalue weighted by Crippen LogP contribution is 2.10. The van der Waals surface area contributed by atoms with Crippen molar-refractivity contribution in [1.82, 2.24) is 10.6 Å². The molecule has 0 aliphatic rings. The predicted molar refractivity (Wildman–Crippen MR) is 111 cm³/mol. The summed E-state index contributed by atoms with van der Waals surface area (Å²) < 4.78 is 0. The van der Waals surface area contributed by atoms with Gasteiger partial charge in [-0.3, -0.25) is 14.4 Å². The smallest absolute Gasteiger partial charge is 0.308 e. The van der Waals surface area contributed by atoms with Crippen LogP contribution < -0.4 is 10.6 Å². The van der Waals surface area contributed by atoms with E-state index in [9.17, 15) is 19.5 Å². The third-order valence-corrected chi connectivity index (χ3v) is 4.67. The van der Waals surface area contributed by atoms with Crippen molar-refractivity contribution < 1.29 is 19.5 Å². The van der Waals surface area contributed by atoms with Crippen molar-refractivity contribution >= 4 is 17.8 Å². The Bertz CT molecular complexity index is 806. The molecule has 0 aliphatic heterocycles. The van der Waals surface area contributed by atoms with Gasteiger partial charge in [-0.2, -0.15) is 0 Å². The lowest BCUT2D eigenvalue weighted by molar-refractivity contribution is -0.141. The maximum Gasteiger partial charge on any atom is 0.308 e. The van der Waals surface area contributed by atoms with Crippen LogP contribution >= 0.6 is 0 Å². The van der Waals surface area contributed by atoms with E-state index in [-0.39, 0.29) is 30.7 Å². The van der Waals surface area contributed by atoms with Crippen LogP contribution in [0, 0.1) is 11.8 Å². The highest BCUT2D eigenvalue weighted by Gasteiger charge is 2.26. The van der Waals surface area contributed by atoms with Gasteiger partial charge in [-0.05, 0) is 23.5 Å². The summed E-state index contributed by atoms with van der Waals surface area (Å²) in [7, 11) is 0. The summed E-state index contributed by atoms with van der Waals surface area (Å²) in [5, 5.41) is 15.0. The van der Waals surface area contributed by atoms with E-state index in [1.165, 1.54) is 0 Å². The molecule has 2 unspecified atom stereocenters. The van der Waals surface area contributed by atoms with Gasteiger partial charge in [0.05, 0.1) is 12.3 Å². The van der Waals surface area contributed by atoms with Crippen molar-refractivity contribution in [3.8, 4) is 0 Å². The van der Waals surface area contributed by atoms with Crippen LogP contribution in [-0.2, 0) is 27.2 Å². The van der Waals surface area contributed by atoms with Gasteiger partial charge in [-0.15, -0.1) is 0 Å². The lowest BCUT2D eigenvalue weighted by Gasteiger charge is -2.23. The molecule has 3 N–H and O–H groups in total. The second-order valence-electron chi connectivity index (χ2n) is 7.42. The van der Waals surface area contributed by atoms with E-state index >= 15 is 0 Å². The minimum atomic E-state index is -0.969. The van der Waals surface area contributed by atoms with Crippen LogP contribution in [0.1, 0.15) is 25.0 Å². The highest BCUT2D eigenvalue weighted by molar-refractivity contribution is 5.88. The van der Waals surface area contributed by atoms with Crippen molar-refractivity contribution in [3.63, 3.8) is 0 Å². The van der Waals surface area contributed by atoms with E-state index in [2.05, 4.69) is 10.6 Å². The third kappa shape index (κ3) is 7.41. The van der Waals surface area contributed by atoms with E-state index in [0.29, 0.717) is 6.42 Å². The topological polar surface area (TPSA) is 95.5 Å². The molecule has 2 atom stereocenters. The lowest BCUT2D eigenvalue weighted by atomic mass is 9.98. The van der Waals surface area contributed by atoms with Crippen LogP contribution in [-0.4, -0.2) is 35.5 Å². The molecular weight excluding hydrogens is 368 g/mol. The summed E-state index contributed by atoms with van der Waals surface area (Å²) >= 11 is 0. The van der Waals surface area contributed by atoms with Crippen LogP contribution in [0.2, 0.25) is 0 Å². The number of carbonyl (C=O) groups is 3. The van der Waals surface area contributed by atoms with Crippen LogP contribution in [0.3, 0.4) is 0 Å². The largest absolute Gasteiger partial charge is 0.481 e. The maximum absolute atomic E-state index is 12.6. The summed E-state index contributed by atoms with van der Waals surface area (Å²) in [6.45, 7) is 3.68. The SMILES string of the molecule is CC(C)C(NC(=O)Cc1ccccc1)C(=O)NCC(Cc1ccccc1)C(=O)O. The molecule has 0 spiro atoms. The molecule has 0 aromatic heterocycles. The second-order valence-corrected chi connectivity index (χ2v) is 7.42. The number of hydrogen-bond donors (Lipinski definition) is 3. The predicted octanol–water partition coefficient (Wildman–Crippen LogP) is 2.43. The molecule has 0 aliphatic carbocycles. The van der Waals surface area contributed by atoms with Crippen molar-refractivity contribution in [2.45, 2.75) is 32.7 Å². The Labute approximate surface area is 171 Å². The zero-order chi connectivity index (χ0) is 21.2. The standard InChI is InChI=1S/C23H28N2O4/c1-16(2)21(25-20(26)14-18-11-7-4-8-12-18)22(27)24-15-19(23(28)29)13-17-9-5-3-6-10-17/h3-12,16,19,21H,13-15H2,1-2H3,(H,24,27)(H,25,26)(H,28,29). The quantitative estimate of drug-likeness (QED) is 0.575. The Kier molecular flexibility index (Phi) is 8.40. The van der Waals surface area contributed by atoms with Gasteiger partial charge in [0, 0.05) is 6.54 Å². The molecule has 154 valence electrons. The average Bonchev–Trinajstić information content (AvgIpc) is 2.70. The minimum absolute atomic E-state index is 0.000830. The van der Waals surface area contributed by atoms with Crippen LogP contribution in [0.25, 0.3) is 0 Å². The molecule has 0 saturated heterocycles. The van der Waals surface area contributed by atoms with Gasteiger partial charge in [-0.1, -0.05) is 74.5 Å². The number of rotatable bonds is 10. The monoisotopic (exact) mass is 396 g/mol. The molecule has 0 saturated carbocycles. The van der Waals surface area contributed by atoms with E-state index in [1.807, 2.05) is 74.5 Å². The normalized spacial score (nSPS) is 12.8. The molecule has 6 heteroatoms. The second kappa shape index (κ2) is 11.0. The third-order valence-electron chi connectivity index (χ3n) is 4.67. The number of carbonyl (C=O) groups excluding carboxylic acids is 2. The minimum Gasteiger partial charge on any atom is -0.481 e. The van der Waals surface area contributed by atoms with E-state index in [4.69, 9.17) is 0 Å². The van der Waals surface area contributed by atoms with E-state index < -0.39 is 17.9 Å². The van der Waals surface area contributed by atoms with Crippen molar-refractivity contribution in [1.29, 1.82) is 0 Å². The first-order chi connectivity index (χ1) is 13.9. The molecule has 0 heterocycles. The summed E-state index contributed by atoms with van der Waals surface area (Å²) in [5.74, 6) is -2.46. The van der Waals surface area contributed by atoms with Gasteiger partial charge in [-0.25, -0.2) is 0 Å². The lowest BCUT2D eigenvalue weighted by Crippen LogP contribution is -2.51. The van der Waals surface area contributed by atoms with Gasteiger partial charge in [0.1, 0.15) is 6.04 Å². The Morgan fingerprint density at radius 2 is 1.45 bits per heavy atom. The molecule has 6 nitrogen and oxygen atoms in total. The fraction of sp³-hybridized carbons (Fsp3) is 0.348. The Hall–Kier alpha value is -3.15. The molecule has 0 radical (unpaired) electrons. The average molecular weight is 396 g/mol.